The maximum absolute atomic E-state index is 16.3. The molecule has 0 unspecified atom stereocenters. The Morgan fingerprint density at radius 2 is 1.75 bits per heavy atom. The third kappa shape index (κ3) is 3.73. The van der Waals surface area contributed by atoms with Crippen LogP contribution in [0.25, 0.3) is 32.8 Å². The van der Waals surface area contributed by atoms with E-state index >= 15 is 4.39 Å². The van der Waals surface area contributed by atoms with E-state index in [1.807, 2.05) is 30.3 Å². The predicted octanol–water partition coefficient (Wildman–Crippen LogP) is 5.41. The van der Waals surface area contributed by atoms with Crippen LogP contribution in [0.2, 0.25) is 0 Å². The molecule has 1 saturated carbocycles. The number of nitrogens with one attached hydrogen (secondary N) is 1. The Morgan fingerprint density at radius 3 is 2.53 bits per heavy atom. The summed E-state index contributed by atoms with van der Waals surface area (Å²) in [6.07, 6.45) is 5.85. The van der Waals surface area contributed by atoms with E-state index in [1.165, 1.54) is 6.42 Å². The van der Waals surface area contributed by atoms with Crippen molar-refractivity contribution in [3.8, 4) is 22.9 Å². The van der Waals surface area contributed by atoms with Crippen molar-refractivity contribution in [2.75, 3.05) is 24.6 Å². The van der Waals surface area contributed by atoms with Crippen molar-refractivity contribution < 1.29 is 14.2 Å². The highest BCUT2D eigenvalue weighted by molar-refractivity contribution is 6.01. The highest BCUT2D eigenvalue weighted by Crippen LogP contribution is 2.39. The van der Waals surface area contributed by atoms with Gasteiger partial charge in [0.15, 0.2) is 5.82 Å². The molecule has 2 saturated heterocycles. The van der Waals surface area contributed by atoms with E-state index in [1.54, 1.807) is 18.2 Å². The number of halogens is 1. The van der Waals surface area contributed by atoms with Crippen molar-refractivity contribution in [2.24, 2.45) is 5.92 Å². The predicted molar refractivity (Wildman–Crippen MR) is 139 cm³/mol. The summed E-state index contributed by atoms with van der Waals surface area (Å²) in [6, 6.07) is 15.8. The van der Waals surface area contributed by atoms with Gasteiger partial charge in [0.05, 0.1) is 6.61 Å². The third-order valence-electron chi connectivity index (χ3n) is 8.09. The van der Waals surface area contributed by atoms with Crippen molar-refractivity contribution in [2.45, 2.75) is 44.2 Å². The van der Waals surface area contributed by atoms with Gasteiger partial charge in [0.1, 0.15) is 17.1 Å². The first-order valence-electron chi connectivity index (χ1n) is 13.0. The molecular formula is C29H29FN4O2. The van der Waals surface area contributed by atoms with Gasteiger partial charge in [0.2, 0.25) is 0 Å². The van der Waals surface area contributed by atoms with E-state index in [0.717, 1.165) is 55.4 Å². The topological polar surface area (TPSA) is 70.5 Å². The highest BCUT2D eigenvalue weighted by Gasteiger charge is 2.34. The van der Waals surface area contributed by atoms with Gasteiger partial charge in [-0.25, -0.2) is 4.39 Å². The molecule has 6 nitrogen and oxygen atoms in total. The number of hydrogen-bond acceptors (Lipinski definition) is 6. The van der Waals surface area contributed by atoms with E-state index in [4.69, 9.17) is 9.72 Å². The lowest BCUT2D eigenvalue weighted by atomic mass is 9.86. The maximum Gasteiger partial charge on any atom is 0.319 e. The molecule has 1 aliphatic carbocycles. The second-order valence-electron chi connectivity index (χ2n) is 10.5. The standard InChI is InChI=1S/C29H29FN4O2/c30-26-23(25-13-21(35)12-18-6-1-2-7-22(18)25)10-11-24-27(26)32-29(36-16-17-4-3-5-17)33-28(24)34-14-19-8-9-20(15-34)31-19/h1-2,6-7,10-13,17,19-20,31,35H,3-5,8-9,14-16H2/t19-,20+. The van der Waals surface area contributed by atoms with Gasteiger partial charge in [0.25, 0.3) is 0 Å². The lowest BCUT2D eigenvalue weighted by molar-refractivity contribution is 0.170. The zero-order valence-corrected chi connectivity index (χ0v) is 20.1. The summed E-state index contributed by atoms with van der Waals surface area (Å²) >= 11 is 0. The minimum Gasteiger partial charge on any atom is -0.508 e. The lowest BCUT2D eigenvalue weighted by Crippen LogP contribution is -2.51. The number of phenolic OH excluding ortho intramolecular Hbond substituents is 1. The molecule has 0 amide bonds. The fraction of sp³-hybridized carbons (Fsp3) is 0.379. The molecule has 7 heteroatoms. The molecule has 1 aromatic heterocycles. The summed E-state index contributed by atoms with van der Waals surface area (Å²) in [5.41, 5.74) is 1.31. The summed E-state index contributed by atoms with van der Waals surface area (Å²) in [7, 11) is 0. The summed E-state index contributed by atoms with van der Waals surface area (Å²) in [5, 5.41) is 16.4. The number of rotatable bonds is 5. The Balaban J connectivity index is 1.38. The molecule has 36 heavy (non-hydrogen) atoms. The van der Waals surface area contributed by atoms with Gasteiger partial charge in [0, 0.05) is 36.1 Å². The molecule has 2 atom stereocenters. The van der Waals surface area contributed by atoms with Crippen LogP contribution >= 0.6 is 0 Å². The molecule has 7 rings (SSSR count). The van der Waals surface area contributed by atoms with Crippen molar-refractivity contribution >= 4 is 27.5 Å². The Bertz CT molecular complexity index is 1460. The van der Waals surface area contributed by atoms with Gasteiger partial charge in [-0.15, -0.1) is 0 Å². The first kappa shape index (κ1) is 21.8. The number of aromatic nitrogens is 2. The van der Waals surface area contributed by atoms with Gasteiger partial charge >= 0.3 is 6.01 Å². The molecule has 3 aliphatic rings. The van der Waals surface area contributed by atoms with E-state index in [2.05, 4.69) is 15.2 Å². The van der Waals surface area contributed by atoms with Gasteiger partial charge in [-0.05, 0) is 66.1 Å². The van der Waals surface area contributed by atoms with Crippen LogP contribution in [0.15, 0.2) is 48.5 Å². The number of nitrogens with zero attached hydrogens (tertiary/aromatic N) is 3. The number of fused-ring (bicyclic) bond motifs is 4. The zero-order valence-electron chi connectivity index (χ0n) is 20.1. The van der Waals surface area contributed by atoms with Crippen LogP contribution in [0.5, 0.6) is 11.8 Å². The number of piperazine rings is 1. The summed E-state index contributed by atoms with van der Waals surface area (Å²) in [4.78, 5) is 11.7. The van der Waals surface area contributed by atoms with Crippen LogP contribution < -0.4 is 15.0 Å². The molecule has 0 radical (unpaired) electrons. The van der Waals surface area contributed by atoms with Crippen molar-refractivity contribution in [1.82, 2.24) is 15.3 Å². The van der Waals surface area contributed by atoms with Crippen LogP contribution in [0.4, 0.5) is 10.2 Å². The fourth-order valence-corrected chi connectivity index (χ4v) is 5.98. The smallest absolute Gasteiger partial charge is 0.319 e. The Kier molecular flexibility index (Phi) is 5.20. The van der Waals surface area contributed by atoms with E-state index in [0.29, 0.717) is 41.1 Å². The fourth-order valence-electron chi connectivity index (χ4n) is 5.98. The Hall–Kier alpha value is -3.45. The largest absolute Gasteiger partial charge is 0.508 e. The van der Waals surface area contributed by atoms with E-state index in [9.17, 15) is 5.11 Å². The first-order chi connectivity index (χ1) is 17.6. The number of anilines is 1. The average molecular weight is 485 g/mol. The van der Waals surface area contributed by atoms with E-state index in [-0.39, 0.29) is 17.3 Å². The monoisotopic (exact) mass is 484 g/mol. The summed E-state index contributed by atoms with van der Waals surface area (Å²) in [6.45, 7) is 2.24. The van der Waals surface area contributed by atoms with Crippen LogP contribution in [0.3, 0.4) is 0 Å². The van der Waals surface area contributed by atoms with E-state index < -0.39 is 5.82 Å². The van der Waals surface area contributed by atoms with Crippen LogP contribution in [0, 0.1) is 11.7 Å². The second kappa shape index (κ2) is 8.59. The number of benzene rings is 3. The molecular weight excluding hydrogens is 455 g/mol. The van der Waals surface area contributed by atoms with Crippen LogP contribution in [-0.2, 0) is 0 Å². The van der Waals surface area contributed by atoms with Crippen LogP contribution in [0.1, 0.15) is 32.1 Å². The summed E-state index contributed by atoms with van der Waals surface area (Å²) in [5.74, 6) is 0.955. The molecule has 2 aliphatic heterocycles. The average Bonchev–Trinajstić information content (AvgIpc) is 3.20. The first-order valence-corrected chi connectivity index (χ1v) is 13.0. The van der Waals surface area contributed by atoms with Crippen molar-refractivity contribution in [3.05, 3.63) is 54.3 Å². The summed E-state index contributed by atoms with van der Waals surface area (Å²) < 4.78 is 22.4. The van der Waals surface area contributed by atoms with Crippen molar-refractivity contribution in [3.63, 3.8) is 0 Å². The molecule has 2 N–H and O–H groups in total. The molecule has 184 valence electrons. The minimum absolute atomic E-state index is 0.104. The number of ether oxygens (including phenoxy) is 1. The second-order valence-corrected chi connectivity index (χ2v) is 10.5. The van der Waals surface area contributed by atoms with Gasteiger partial charge in [-0.2, -0.15) is 9.97 Å². The van der Waals surface area contributed by atoms with Gasteiger partial charge in [-0.3, -0.25) is 0 Å². The normalized spacial score (nSPS) is 21.8. The van der Waals surface area contributed by atoms with Crippen molar-refractivity contribution in [1.29, 1.82) is 0 Å². The van der Waals surface area contributed by atoms with Crippen LogP contribution in [-0.4, -0.2) is 46.9 Å². The highest BCUT2D eigenvalue weighted by atomic mass is 19.1. The number of phenols is 1. The zero-order chi connectivity index (χ0) is 24.2. The van der Waals surface area contributed by atoms with Gasteiger partial charge < -0.3 is 20.1 Å². The SMILES string of the molecule is Oc1cc(-c2ccc3c(N4C[C@H]5CC[C@@H](C4)N5)nc(OCC4CCC4)nc3c2F)c2ccccc2c1. The Labute approximate surface area is 209 Å². The number of aromatic hydroxyl groups is 1. The maximum atomic E-state index is 16.3. The molecule has 2 bridgehead atoms. The minimum atomic E-state index is -0.418. The molecule has 3 fully saturated rings. The number of hydrogen-bond donors (Lipinski definition) is 2. The Morgan fingerprint density at radius 1 is 0.944 bits per heavy atom. The van der Waals surface area contributed by atoms with Gasteiger partial charge in [-0.1, -0.05) is 36.8 Å². The third-order valence-corrected chi connectivity index (χ3v) is 8.09. The lowest BCUT2D eigenvalue weighted by Gasteiger charge is -2.34. The quantitative estimate of drug-likeness (QED) is 0.395. The molecule has 3 heterocycles. The molecule has 4 aromatic rings. The molecule has 0 spiro atoms. The molecule has 3 aromatic carbocycles.